The Kier molecular flexibility index (Phi) is 10.8. The van der Waals surface area contributed by atoms with E-state index in [2.05, 4.69) is 52.8 Å². The second kappa shape index (κ2) is 10.9. The van der Waals surface area contributed by atoms with E-state index in [1.807, 2.05) is 0 Å². The molecule has 0 aliphatic heterocycles. The van der Waals surface area contributed by atoms with Crippen LogP contribution >= 0.6 is 0 Å². The van der Waals surface area contributed by atoms with Gasteiger partial charge in [-0.15, -0.1) is 0 Å². The van der Waals surface area contributed by atoms with E-state index in [0.717, 1.165) is 12.5 Å². The van der Waals surface area contributed by atoms with Crippen molar-refractivity contribution in [2.75, 3.05) is 19.4 Å². The zero-order chi connectivity index (χ0) is 20.6. The van der Waals surface area contributed by atoms with E-state index >= 15 is 0 Å². The fraction of sp³-hybridized carbons (Fsp3) is 0.824. The van der Waals surface area contributed by atoms with Gasteiger partial charge in [0.15, 0.2) is 16.6 Å². The van der Waals surface area contributed by atoms with Gasteiger partial charge in [0.1, 0.15) is 12.7 Å². The zero-order valence-corrected chi connectivity index (χ0v) is 20.8. The molecule has 154 valence electrons. The molecule has 1 unspecified atom stereocenters. The van der Waals surface area contributed by atoms with Crippen LogP contribution in [0.15, 0.2) is 12.2 Å². The molecule has 1 N–H and O–H groups in total. The van der Waals surface area contributed by atoms with E-state index in [9.17, 15) is 9.90 Å². The standard InChI is InChI=1S/C17H38O6Si3/c1-10-11-26(22-24(4,5)6,23-25(7,8)9)14-20-12-16(18)13-21-17(19)15(2)3/h16,18H,2,10-14H2,1,3-9H3. The smallest absolute Gasteiger partial charge is 0.344 e. The Bertz CT molecular complexity index is 440. The molecule has 0 aromatic heterocycles. The van der Waals surface area contributed by atoms with Crippen molar-refractivity contribution >= 4 is 31.2 Å². The highest BCUT2D eigenvalue weighted by Gasteiger charge is 2.44. The third-order valence-corrected chi connectivity index (χ3v) is 12.8. The lowest BCUT2D eigenvalue weighted by atomic mass is 10.3. The Morgan fingerprint density at radius 1 is 1.04 bits per heavy atom. The van der Waals surface area contributed by atoms with Gasteiger partial charge in [0, 0.05) is 5.57 Å². The number of hydrogen-bond donors (Lipinski definition) is 1. The van der Waals surface area contributed by atoms with E-state index in [0.29, 0.717) is 11.8 Å². The molecule has 0 heterocycles. The maximum Gasteiger partial charge on any atom is 0.344 e. The Hall–Kier alpha value is -0.299. The van der Waals surface area contributed by atoms with Gasteiger partial charge in [-0.3, -0.25) is 0 Å². The molecule has 0 spiro atoms. The minimum Gasteiger partial charge on any atom is -0.460 e. The summed E-state index contributed by atoms with van der Waals surface area (Å²) in [5, 5.41) is 9.99. The molecule has 0 aromatic rings. The summed E-state index contributed by atoms with van der Waals surface area (Å²) in [4.78, 5) is 11.4. The first-order chi connectivity index (χ1) is 11.7. The van der Waals surface area contributed by atoms with Crippen LogP contribution in [0.2, 0.25) is 45.3 Å². The maximum absolute atomic E-state index is 11.4. The van der Waals surface area contributed by atoms with Crippen molar-refractivity contribution in [3.63, 3.8) is 0 Å². The van der Waals surface area contributed by atoms with Crippen molar-refractivity contribution in [3.8, 4) is 0 Å². The molecular formula is C17H38O6Si3. The van der Waals surface area contributed by atoms with Gasteiger partial charge in [0.25, 0.3) is 0 Å². The van der Waals surface area contributed by atoms with E-state index in [4.69, 9.17) is 17.7 Å². The number of esters is 1. The number of aliphatic hydroxyl groups is 1. The normalized spacial score (nSPS) is 14.2. The fourth-order valence-electron chi connectivity index (χ4n) is 2.44. The molecule has 0 aliphatic carbocycles. The van der Waals surface area contributed by atoms with Crippen molar-refractivity contribution < 1.29 is 27.6 Å². The molecule has 0 aliphatic rings. The molecule has 6 nitrogen and oxygen atoms in total. The molecule has 0 amide bonds. The van der Waals surface area contributed by atoms with Crippen LogP contribution < -0.4 is 0 Å². The molecule has 1 atom stereocenters. The van der Waals surface area contributed by atoms with Gasteiger partial charge >= 0.3 is 14.5 Å². The number of ether oxygens (including phenoxy) is 2. The van der Waals surface area contributed by atoms with Crippen LogP contribution in [-0.4, -0.2) is 61.8 Å². The van der Waals surface area contributed by atoms with Gasteiger partial charge < -0.3 is 22.8 Å². The van der Waals surface area contributed by atoms with Crippen molar-refractivity contribution in [1.29, 1.82) is 0 Å². The highest BCUT2D eigenvalue weighted by molar-refractivity contribution is 6.88. The Balaban J connectivity index is 4.85. The fourth-order valence-corrected chi connectivity index (χ4v) is 14.5. The minimum absolute atomic E-state index is 0.0754. The SMILES string of the molecule is C=C(C)C(=O)OCC(O)COC[Si](CCC)(O[Si](C)(C)C)O[Si](C)(C)C. The van der Waals surface area contributed by atoms with Gasteiger partial charge in [-0.1, -0.05) is 19.9 Å². The third-order valence-electron chi connectivity index (χ3n) is 3.00. The lowest BCUT2D eigenvalue weighted by Crippen LogP contribution is -2.58. The molecule has 0 saturated heterocycles. The monoisotopic (exact) mass is 422 g/mol. The Morgan fingerprint density at radius 2 is 1.54 bits per heavy atom. The van der Waals surface area contributed by atoms with Crippen molar-refractivity contribution in [3.05, 3.63) is 12.2 Å². The van der Waals surface area contributed by atoms with Crippen LogP contribution in [0.1, 0.15) is 20.3 Å². The van der Waals surface area contributed by atoms with Gasteiger partial charge in [-0.2, -0.15) is 0 Å². The summed E-state index contributed by atoms with van der Waals surface area (Å²) >= 11 is 0. The van der Waals surface area contributed by atoms with Crippen LogP contribution in [-0.2, 0) is 22.5 Å². The van der Waals surface area contributed by atoms with E-state index in [1.54, 1.807) is 6.92 Å². The summed E-state index contributed by atoms with van der Waals surface area (Å²) in [7, 11) is -6.15. The van der Waals surface area contributed by atoms with Gasteiger partial charge in [-0.25, -0.2) is 4.79 Å². The summed E-state index contributed by atoms with van der Waals surface area (Å²) in [6, 6.07) is 0.863. The summed E-state index contributed by atoms with van der Waals surface area (Å²) in [5.74, 6) is -0.511. The number of carbonyl (C=O) groups is 1. The number of carbonyl (C=O) groups excluding carboxylic acids is 1. The lowest BCUT2D eigenvalue weighted by molar-refractivity contribution is -0.142. The molecule has 0 rings (SSSR count). The summed E-state index contributed by atoms with van der Waals surface area (Å²) in [6.07, 6.45) is 0.454. The Morgan fingerprint density at radius 3 is 1.92 bits per heavy atom. The third kappa shape index (κ3) is 12.2. The largest absolute Gasteiger partial charge is 0.460 e. The predicted molar refractivity (Wildman–Crippen MR) is 112 cm³/mol. The molecule has 9 heteroatoms. The summed E-state index contributed by atoms with van der Waals surface area (Å²) in [6.45, 7) is 20.1. The summed E-state index contributed by atoms with van der Waals surface area (Å²) < 4.78 is 23.8. The number of hydrogen-bond acceptors (Lipinski definition) is 6. The first-order valence-electron chi connectivity index (χ1n) is 9.18. The molecule has 0 saturated carbocycles. The topological polar surface area (TPSA) is 74.2 Å². The lowest BCUT2D eigenvalue weighted by Gasteiger charge is -2.40. The van der Waals surface area contributed by atoms with Crippen molar-refractivity contribution in [2.24, 2.45) is 0 Å². The highest BCUT2D eigenvalue weighted by Crippen LogP contribution is 2.26. The van der Waals surface area contributed by atoms with Crippen molar-refractivity contribution in [2.45, 2.75) is 71.7 Å². The number of rotatable bonds is 13. The quantitative estimate of drug-likeness (QED) is 0.278. The van der Waals surface area contributed by atoms with E-state index in [1.165, 1.54) is 0 Å². The second-order valence-electron chi connectivity index (χ2n) is 8.64. The summed E-state index contributed by atoms with van der Waals surface area (Å²) in [5.41, 5.74) is 0.305. The molecule has 0 aromatic carbocycles. The van der Waals surface area contributed by atoms with Crippen LogP contribution in [0.5, 0.6) is 0 Å². The average molecular weight is 423 g/mol. The van der Waals surface area contributed by atoms with Crippen LogP contribution in [0, 0.1) is 0 Å². The minimum atomic E-state index is -2.53. The molecule has 0 bridgehead atoms. The molecule has 26 heavy (non-hydrogen) atoms. The van der Waals surface area contributed by atoms with Crippen LogP contribution in [0.3, 0.4) is 0 Å². The molecular weight excluding hydrogens is 384 g/mol. The maximum atomic E-state index is 11.4. The van der Waals surface area contributed by atoms with Crippen LogP contribution in [0.25, 0.3) is 0 Å². The highest BCUT2D eigenvalue weighted by atomic mass is 28.5. The predicted octanol–water partition coefficient (Wildman–Crippen LogP) is 3.58. The van der Waals surface area contributed by atoms with Crippen molar-refractivity contribution in [1.82, 2.24) is 0 Å². The zero-order valence-electron chi connectivity index (χ0n) is 17.8. The van der Waals surface area contributed by atoms with E-state index < -0.39 is 37.3 Å². The second-order valence-corrected chi connectivity index (χ2v) is 21.3. The van der Waals surface area contributed by atoms with Gasteiger partial charge in [0.2, 0.25) is 0 Å². The van der Waals surface area contributed by atoms with Gasteiger partial charge in [0.05, 0.1) is 12.8 Å². The van der Waals surface area contributed by atoms with E-state index in [-0.39, 0.29) is 13.2 Å². The van der Waals surface area contributed by atoms with Gasteiger partial charge in [-0.05, 0) is 52.2 Å². The first-order valence-corrected chi connectivity index (χ1v) is 18.2. The first kappa shape index (κ1) is 25.7. The Labute approximate surface area is 162 Å². The average Bonchev–Trinajstić information content (AvgIpc) is 2.40. The molecule has 0 radical (unpaired) electrons. The molecule has 0 fully saturated rings. The van der Waals surface area contributed by atoms with Crippen LogP contribution in [0.4, 0.5) is 0 Å². The number of aliphatic hydroxyl groups excluding tert-OH is 1.